The molecule has 0 aliphatic carbocycles. The van der Waals surface area contributed by atoms with Gasteiger partial charge in [-0.05, 0) is 55.0 Å². The second-order valence-corrected chi connectivity index (χ2v) is 5.42. The summed E-state index contributed by atoms with van der Waals surface area (Å²) in [6.07, 6.45) is 0. The van der Waals surface area contributed by atoms with Crippen molar-refractivity contribution in [2.45, 2.75) is 6.92 Å². The summed E-state index contributed by atoms with van der Waals surface area (Å²) < 4.78 is 11.5. The van der Waals surface area contributed by atoms with Crippen molar-refractivity contribution in [3.8, 4) is 11.5 Å². The standard InChI is InChI=1S/C15H12BrClO3/c1-10-8-13(6-7-14(10)16)20-15(18)9-19-12-4-2-11(17)3-5-12/h2-8H,9H2,1H3. The Balaban J connectivity index is 1.89. The van der Waals surface area contributed by atoms with Gasteiger partial charge in [0.2, 0.25) is 0 Å². The van der Waals surface area contributed by atoms with Crippen LogP contribution in [0.5, 0.6) is 11.5 Å². The lowest BCUT2D eigenvalue weighted by Crippen LogP contribution is -2.17. The van der Waals surface area contributed by atoms with Crippen LogP contribution in [0, 0.1) is 6.92 Å². The van der Waals surface area contributed by atoms with Crippen LogP contribution in [0.2, 0.25) is 5.02 Å². The third kappa shape index (κ3) is 4.25. The Bertz CT molecular complexity index is 611. The molecular formula is C15H12BrClO3. The molecule has 0 saturated carbocycles. The highest BCUT2D eigenvalue weighted by Gasteiger charge is 2.07. The van der Waals surface area contributed by atoms with Gasteiger partial charge in [0.05, 0.1) is 0 Å². The van der Waals surface area contributed by atoms with Gasteiger partial charge < -0.3 is 9.47 Å². The maximum Gasteiger partial charge on any atom is 0.349 e. The van der Waals surface area contributed by atoms with E-state index >= 15 is 0 Å². The summed E-state index contributed by atoms with van der Waals surface area (Å²) in [6, 6.07) is 12.1. The van der Waals surface area contributed by atoms with Crippen molar-refractivity contribution in [2.75, 3.05) is 6.61 Å². The van der Waals surface area contributed by atoms with Crippen LogP contribution in [0.4, 0.5) is 0 Å². The first kappa shape index (κ1) is 14.9. The minimum Gasteiger partial charge on any atom is -0.482 e. The fourth-order valence-electron chi connectivity index (χ4n) is 1.51. The van der Waals surface area contributed by atoms with E-state index in [1.165, 1.54) is 0 Å². The van der Waals surface area contributed by atoms with E-state index in [9.17, 15) is 4.79 Å². The molecule has 5 heteroatoms. The molecule has 104 valence electrons. The first-order chi connectivity index (χ1) is 9.54. The molecule has 0 atom stereocenters. The van der Waals surface area contributed by atoms with E-state index in [0.29, 0.717) is 16.5 Å². The van der Waals surface area contributed by atoms with Crippen LogP contribution in [-0.2, 0) is 4.79 Å². The number of carbonyl (C=O) groups excluding carboxylic acids is 1. The summed E-state index contributed by atoms with van der Waals surface area (Å²) in [5.74, 6) is 0.607. The van der Waals surface area contributed by atoms with Crippen LogP contribution in [0.3, 0.4) is 0 Å². The molecule has 0 unspecified atom stereocenters. The van der Waals surface area contributed by atoms with Gasteiger partial charge in [0.1, 0.15) is 11.5 Å². The van der Waals surface area contributed by atoms with E-state index in [2.05, 4.69) is 15.9 Å². The summed E-state index contributed by atoms with van der Waals surface area (Å²) in [5, 5.41) is 0.616. The predicted octanol–water partition coefficient (Wildman–Crippen LogP) is 4.40. The smallest absolute Gasteiger partial charge is 0.349 e. The van der Waals surface area contributed by atoms with Crippen LogP contribution in [0.25, 0.3) is 0 Å². The van der Waals surface area contributed by atoms with Gasteiger partial charge in [-0.3, -0.25) is 0 Å². The number of ether oxygens (including phenoxy) is 2. The molecule has 0 bridgehead atoms. The van der Waals surface area contributed by atoms with Crippen molar-refractivity contribution in [1.82, 2.24) is 0 Å². The second-order valence-electron chi connectivity index (χ2n) is 4.13. The first-order valence-corrected chi connectivity index (χ1v) is 7.07. The van der Waals surface area contributed by atoms with Gasteiger partial charge >= 0.3 is 5.97 Å². The summed E-state index contributed by atoms with van der Waals surface area (Å²) in [4.78, 5) is 11.7. The molecule has 0 N–H and O–H groups in total. The normalized spacial score (nSPS) is 10.2. The molecule has 3 nitrogen and oxygen atoms in total. The Labute approximate surface area is 130 Å². The third-order valence-corrected chi connectivity index (χ3v) is 3.67. The van der Waals surface area contributed by atoms with Gasteiger partial charge in [-0.25, -0.2) is 4.79 Å². The average Bonchev–Trinajstić information content (AvgIpc) is 2.42. The molecule has 0 saturated heterocycles. The van der Waals surface area contributed by atoms with Crippen LogP contribution in [0.15, 0.2) is 46.9 Å². The third-order valence-electron chi connectivity index (χ3n) is 2.53. The van der Waals surface area contributed by atoms with E-state index in [1.807, 2.05) is 13.0 Å². The number of halogens is 2. The number of hydrogen-bond acceptors (Lipinski definition) is 3. The predicted molar refractivity (Wildman–Crippen MR) is 81.5 cm³/mol. The second kappa shape index (κ2) is 6.77. The van der Waals surface area contributed by atoms with Crippen LogP contribution >= 0.6 is 27.5 Å². The summed E-state index contributed by atoms with van der Waals surface area (Å²) in [7, 11) is 0. The van der Waals surface area contributed by atoms with Crippen LogP contribution in [0.1, 0.15) is 5.56 Å². The van der Waals surface area contributed by atoms with E-state index in [-0.39, 0.29) is 6.61 Å². The van der Waals surface area contributed by atoms with E-state index < -0.39 is 5.97 Å². The molecule has 0 aliphatic rings. The Morgan fingerprint density at radius 2 is 1.80 bits per heavy atom. The number of benzene rings is 2. The van der Waals surface area contributed by atoms with Crippen molar-refractivity contribution >= 4 is 33.5 Å². The Morgan fingerprint density at radius 3 is 2.45 bits per heavy atom. The Morgan fingerprint density at radius 1 is 1.15 bits per heavy atom. The molecule has 2 rings (SSSR count). The van der Waals surface area contributed by atoms with Gasteiger partial charge in [-0.15, -0.1) is 0 Å². The highest BCUT2D eigenvalue weighted by atomic mass is 79.9. The van der Waals surface area contributed by atoms with E-state index in [0.717, 1.165) is 10.0 Å². The van der Waals surface area contributed by atoms with Gasteiger partial charge in [0.25, 0.3) is 0 Å². The first-order valence-electron chi connectivity index (χ1n) is 5.90. The number of carbonyl (C=O) groups is 1. The Kier molecular flexibility index (Phi) is 5.04. The minimum absolute atomic E-state index is 0.156. The summed E-state index contributed by atoms with van der Waals surface area (Å²) in [5.41, 5.74) is 0.994. The van der Waals surface area contributed by atoms with E-state index in [1.54, 1.807) is 36.4 Å². The molecular weight excluding hydrogens is 344 g/mol. The van der Waals surface area contributed by atoms with Gasteiger partial charge in [0.15, 0.2) is 6.61 Å². The molecule has 0 heterocycles. The molecule has 2 aromatic rings. The van der Waals surface area contributed by atoms with Crippen molar-refractivity contribution in [2.24, 2.45) is 0 Å². The minimum atomic E-state index is -0.457. The van der Waals surface area contributed by atoms with Crippen molar-refractivity contribution in [3.05, 3.63) is 57.5 Å². The number of rotatable bonds is 4. The highest BCUT2D eigenvalue weighted by molar-refractivity contribution is 9.10. The zero-order chi connectivity index (χ0) is 14.5. The largest absolute Gasteiger partial charge is 0.482 e. The SMILES string of the molecule is Cc1cc(OC(=O)COc2ccc(Cl)cc2)ccc1Br. The number of hydrogen-bond donors (Lipinski definition) is 0. The number of esters is 1. The fraction of sp³-hybridized carbons (Fsp3) is 0.133. The van der Waals surface area contributed by atoms with Crippen LogP contribution in [-0.4, -0.2) is 12.6 Å². The molecule has 0 amide bonds. The van der Waals surface area contributed by atoms with Crippen molar-refractivity contribution in [3.63, 3.8) is 0 Å². The lowest BCUT2D eigenvalue weighted by molar-refractivity contribution is -0.136. The lowest BCUT2D eigenvalue weighted by Gasteiger charge is -2.08. The monoisotopic (exact) mass is 354 g/mol. The molecule has 2 aromatic carbocycles. The number of aryl methyl sites for hydroxylation is 1. The van der Waals surface area contributed by atoms with Gasteiger partial charge in [-0.1, -0.05) is 27.5 Å². The average molecular weight is 356 g/mol. The molecule has 0 fully saturated rings. The molecule has 0 aromatic heterocycles. The zero-order valence-electron chi connectivity index (χ0n) is 10.7. The summed E-state index contributed by atoms with van der Waals surface area (Å²) >= 11 is 9.14. The van der Waals surface area contributed by atoms with Crippen molar-refractivity contribution < 1.29 is 14.3 Å². The van der Waals surface area contributed by atoms with Crippen LogP contribution < -0.4 is 9.47 Å². The van der Waals surface area contributed by atoms with E-state index in [4.69, 9.17) is 21.1 Å². The lowest BCUT2D eigenvalue weighted by atomic mass is 10.2. The van der Waals surface area contributed by atoms with Gasteiger partial charge in [-0.2, -0.15) is 0 Å². The highest BCUT2D eigenvalue weighted by Crippen LogP contribution is 2.22. The molecule has 0 spiro atoms. The Hall–Kier alpha value is -1.52. The quantitative estimate of drug-likeness (QED) is 0.602. The topological polar surface area (TPSA) is 35.5 Å². The fourth-order valence-corrected chi connectivity index (χ4v) is 1.89. The zero-order valence-corrected chi connectivity index (χ0v) is 13.1. The molecule has 0 radical (unpaired) electrons. The molecule has 0 aliphatic heterocycles. The maximum atomic E-state index is 11.7. The maximum absolute atomic E-state index is 11.7. The van der Waals surface area contributed by atoms with Crippen molar-refractivity contribution in [1.29, 1.82) is 0 Å². The van der Waals surface area contributed by atoms with Gasteiger partial charge in [0, 0.05) is 9.50 Å². The summed E-state index contributed by atoms with van der Waals surface area (Å²) in [6.45, 7) is 1.77. The molecule has 20 heavy (non-hydrogen) atoms.